The molecule has 0 radical (unpaired) electrons. The third-order valence-electron chi connectivity index (χ3n) is 3.28. The van der Waals surface area contributed by atoms with Crippen molar-refractivity contribution in [1.29, 1.82) is 0 Å². The van der Waals surface area contributed by atoms with E-state index in [0.29, 0.717) is 13.1 Å². The van der Waals surface area contributed by atoms with E-state index < -0.39 is 10.0 Å². The Morgan fingerprint density at radius 2 is 2.00 bits per heavy atom. The van der Waals surface area contributed by atoms with Crippen LogP contribution >= 0.6 is 0 Å². The number of nitrogen functional groups attached to an aromatic ring is 1. The second kappa shape index (κ2) is 7.77. The first kappa shape index (κ1) is 17.9. The van der Waals surface area contributed by atoms with Crippen molar-refractivity contribution < 1.29 is 8.42 Å². The van der Waals surface area contributed by atoms with Crippen molar-refractivity contribution in [2.75, 3.05) is 25.4 Å². The number of nitrogens with zero attached hydrogens (tertiary/aromatic N) is 3. The van der Waals surface area contributed by atoms with Gasteiger partial charge in [0.15, 0.2) is 5.82 Å². The first-order valence-electron chi connectivity index (χ1n) is 7.41. The predicted molar refractivity (Wildman–Crippen MR) is 84.5 cm³/mol. The molecule has 0 aromatic carbocycles. The standard InChI is InChI=1S/C13H27N5O2S/c1-5-8-18-10-12(13(14)15-18)21(19,20)16-11(4)9-17(6-2)7-3/h10-11,16H,5-9H2,1-4H3,(H2,14,15). The Hall–Kier alpha value is -1.12. The zero-order valence-electron chi connectivity index (χ0n) is 13.3. The quantitative estimate of drug-likeness (QED) is 0.705. The predicted octanol–water partition coefficient (Wildman–Crippen LogP) is 0.884. The van der Waals surface area contributed by atoms with Crippen LogP contribution in [0.15, 0.2) is 11.1 Å². The minimum atomic E-state index is -3.63. The summed E-state index contributed by atoms with van der Waals surface area (Å²) < 4.78 is 29.0. The lowest BCUT2D eigenvalue weighted by Gasteiger charge is -2.23. The fourth-order valence-corrected chi connectivity index (χ4v) is 3.51. The average Bonchev–Trinajstić information content (AvgIpc) is 2.77. The highest BCUT2D eigenvalue weighted by molar-refractivity contribution is 7.89. The summed E-state index contributed by atoms with van der Waals surface area (Å²) in [7, 11) is -3.63. The van der Waals surface area contributed by atoms with Crippen LogP contribution in [0.5, 0.6) is 0 Å². The molecule has 0 spiro atoms. The second-order valence-corrected chi connectivity index (χ2v) is 6.83. The molecule has 1 rings (SSSR count). The van der Waals surface area contributed by atoms with E-state index in [1.165, 1.54) is 6.20 Å². The highest BCUT2D eigenvalue weighted by atomic mass is 32.2. The molecule has 1 heterocycles. The smallest absolute Gasteiger partial charge is 0.246 e. The fraction of sp³-hybridized carbons (Fsp3) is 0.769. The van der Waals surface area contributed by atoms with E-state index in [1.54, 1.807) is 4.68 Å². The number of nitrogens with one attached hydrogen (secondary N) is 1. The van der Waals surface area contributed by atoms with E-state index in [2.05, 4.69) is 28.6 Å². The maximum absolute atomic E-state index is 12.4. The largest absolute Gasteiger partial charge is 0.381 e. The number of rotatable bonds is 9. The Bertz CT molecular complexity index is 537. The molecule has 0 amide bonds. The highest BCUT2D eigenvalue weighted by Gasteiger charge is 2.23. The molecule has 0 saturated heterocycles. The maximum atomic E-state index is 12.4. The summed E-state index contributed by atoms with van der Waals surface area (Å²) in [6, 6.07) is -0.191. The lowest BCUT2D eigenvalue weighted by molar-refractivity contribution is 0.282. The lowest BCUT2D eigenvalue weighted by atomic mass is 10.3. The molecule has 8 heteroatoms. The zero-order chi connectivity index (χ0) is 16.0. The van der Waals surface area contributed by atoms with Gasteiger partial charge in [-0.2, -0.15) is 5.10 Å². The van der Waals surface area contributed by atoms with Gasteiger partial charge in [-0.05, 0) is 26.4 Å². The molecule has 0 bridgehead atoms. The van der Waals surface area contributed by atoms with E-state index in [-0.39, 0.29) is 16.8 Å². The number of aromatic nitrogens is 2. The third kappa shape index (κ3) is 4.98. The van der Waals surface area contributed by atoms with Crippen LogP contribution in [0.25, 0.3) is 0 Å². The van der Waals surface area contributed by atoms with Crippen LogP contribution in [-0.4, -0.2) is 48.8 Å². The van der Waals surface area contributed by atoms with E-state index >= 15 is 0 Å². The molecule has 122 valence electrons. The minimum absolute atomic E-state index is 0.0472. The molecular formula is C13H27N5O2S. The minimum Gasteiger partial charge on any atom is -0.381 e. The van der Waals surface area contributed by atoms with Crippen molar-refractivity contribution in [1.82, 2.24) is 19.4 Å². The normalized spacial score (nSPS) is 13.8. The Kier molecular flexibility index (Phi) is 6.63. The average molecular weight is 317 g/mol. The Morgan fingerprint density at radius 1 is 1.38 bits per heavy atom. The van der Waals surface area contributed by atoms with Crippen molar-refractivity contribution in [2.24, 2.45) is 0 Å². The molecule has 1 aromatic heterocycles. The summed E-state index contributed by atoms with van der Waals surface area (Å²) in [4.78, 5) is 2.22. The van der Waals surface area contributed by atoms with Crippen LogP contribution in [0.1, 0.15) is 34.1 Å². The summed E-state index contributed by atoms with van der Waals surface area (Å²) in [5, 5.41) is 4.03. The number of likely N-dealkylation sites (N-methyl/N-ethyl adjacent to an activating group) is 1. The summed E-state index contributed by atoms with van der Waals surface area (Å²) in [6.45, 7) is 11.0. The Labute approximate surface area is 127 Å². The Morgan fingerprint density at radius 3 is 2.52 bits per heavy atom. The van der Waals surface area contributed by atoms with Crippen LogP contribution in [-0.2, 0) is 16.6 Å². The summed E-state index contributed by atoms with van der Waals surface area (Å²) in [5.41, 5.74) is 5.73. The summed E-state index contributed by atoms with van der Waals surface area (Å²) >= 11 is 0. The zero-order valence-corrected chi connectivity index (χ0v) is 14.2. The van der Waals surface area contributed by atoms with E-state index in [4.69, 9.17) is 5.73 Å². The molecule has 0 saturated carbocycles. The Balaban J connectivity index is 2.81. The summed E-state index contributed by atoms with van der Waals surface area (Å²) in [6.07, 6.45) is 2.36. The van der Waals surface area contributed by atoms with E-state index in [9.17, 15) is 8.42 Å². The van der Waals surface area contributed by atoms with Crippen LogP contribution in [0, 0.1) is 0 Å². The van der Waals surface area contributed by atoms with Gasteiger partial charge < -0.3 is 10.6 Å². The van der Waals surface area contributed by atoms with Crippen LogP contribution in [0.2, 0.25) is 0 Å². The third-order valence-corrected chi connectivity index (χ3v) is 4.89. The molecule has 0 aliphatic rings. The highest BCUT2D eigenvalue weighted by Crippen LogP contribution is 2.16. The van der Waals surface area contributed by atoms with E-state index in [1.807, 2.05) is 13.8 Å². The SMILES string of the molecule is CCCn1cc(S(=O)(=O)NC(C)CN(CC)CC)c(N)n1. The van der Waals surface area contributed by atoms with Gasteiger partial charge in [-0.15, -0.1) is 0 Å². The van der Waals surface area contributed by atoms with Gasteiger partial charge in [0, 0.05) is 25.3 Å². The maximum Gasteiger partial charge on any atom is 0.246 e. The van der Waals surface area contributed by atoms with Gasteiger partial charge in [-0.25, -0.2) is 13.1 Å². The van der Waals surface area contributed by atoms with Gasteiger partial charge in [0.1, 0.15) is 4.90 Å². The van der Waals surface area contributed by atoms with Crippen LogP contribution < -0.4 is 10.5 Å². The van der Waals surface area contributed by atoms with E-state index in [0.717, 1.165) is 19.5 Å². The topological polar surface area (TPSA) is 93.2 Å². The number of sulfonamides is 1. The van der Waals surface area contributed by atoms with Gasteiger partial charge in [0.25, 0.3) is 0 Å². The van der Waals surface area contributed by atoms with Crippen molar-refractivity contribution in [3.05, 3.63) is 6.20 Å². The van der Waals surface area contributed by atoms with Gasteiger partial charge in [-0.3, -0.25) is 4.68 Å². The number of nitrogens with two attached hydrogens (primary N) is 1. The molecule has 0 fully saturated rings. The molecule has 7 nitrogen and oxygen atoms in total. The molecule has 3 N–H and O–H groups in total. The fourth-order valence-electron chi connectivity index (χ4n) is 2.20. The molecule has 21 heavy (non-hydrogen) atoms. The molecular weight excluding hydrogens is 290 g/mol. The van der Waals surface area contributed by atoms with Crippen LogP contribution in [0.4, 0.5) is 5.82 Å². The monoisotopic (exact) mass is 317 g/mol. The first-order valence-corrected chi connectivity index (χ1v) is 8.89. The van der Waals surface area contributed by atoms with Crippen LogP contribution in [0.3, 0.4) is 0 Å². The number of hydrogen-bond donors (Lipinski definition) is 2. The van der Waals surface area contributed by atoms with Crippen molar-refractivity contribution in [3.8, 4) is 0 Å². The van der Waals surface area contributed by atoms with Crippen molar-refractivity contribution >= 4 is 15.8 Å². The van der Waals surface area contributed by atoms with Crippen molar-refractivity contribution in [3.63, 3.8) is 0 Å². The number of anilines is 1. The number of hydrogen-bond acceptors (Lipinski definition) is 5. The molecule has 0 aliphatic carbocycles. The van der Waals surface area contributed by atoms with Gasteiger partial charge in [-0.1, -0.05) is 20.8 Å². The molecule has 1 unspecified atom stereocenters. The van der Waals surface area contributed by atoms with Gasteiger partial charge in [0.2, 0.25) is 10.0 Å². The summed E-state index contributed by atoms with van der Waals surface area (Å²) in [5.74, 6) is 0.0472. The molecule has 1 atom stereocenters. The van der Waals surface area contributed by atoms with Crippen molar-refractivity contribution in [2.45, 2.75) is 51.6 Å². The molecule has 0 aliphatic heterocycles. The first-order chi connectivity index (χ1) is 9.83. The number of aryl methyl sites for hydroxylation is 1. The van der Waals surface area contributed by atoms with Gasteiger partial charge >= 0.3 is 0 Å². The second-order valence-electron chi connectivity index (χ2n) is 5.15. The molecule has 1 aromatic rings. The lowest BCUT2D eigenvalue weighted by Crippen LogP contribution is -2.41. The van der Waals surface area contributed by atoms with Gasteiger partial charge in [0.05, 0.1) is 0 Å².